The van der Waals surface area contributed by atoms with Crippen molar-refractivity contribution in [1.82, 2.24) is 0 Å². The maximum absolute atomic E-state index is 11.5. The molecule has 2 saturated heterocycles. The number of aldehydes is 1. The van der Waals surface area contributed by atoms with Crippen LogP contribution in [0.1, 0.15) is 60.2 Å². The summed E-state index contributed by atoms with van der Waals surface area (Å²) in [6, 6.07) is 25.4. The second kappa shape index (κ2) is 21.1. The van der Waals surface area contributed by atoms with Gasteiger partial charge in [0.15, 0.2) is 11.5 Å². The lowest BCUT2D eigenvalue weighted by atomic mass is 10.1. The summed E-state index contributed by atoms with van der Waals surface area (Å²) in [4.78, 5) is 36.6. The number of carboxylic acid groups (broad SMARTS) is 1. The van der Waals surface area contributed by atoms with E-state index >= 15 is 0 Å². The van der Waals surface area contributed by atoms with Gasteiger partial charge < -0.3 is 24.4 Å². The largest absolute Gasteiger partial charge is 0.478 e. The van der Waals surface area contributed by atoms with Crippen molar-refractivity contribution in [3.05, 3.63) is 96.1 Å². The van der Waals surface area contributed by atoms with Crippen LogP contribution < -0.4 is 31.1 Å². The summed E-state index contributed by atoms with van der Waals surface area (Å²) in [7, 11) is 0. The number of ether oxygens (including phenoxy) is 2. The molecule has 0 amide bonds. The topological polar surface area (TPSA) is 168 Å². The average Bonchev–Trinajstić information content (AvgIpc) is 3.92. The molecule has 4 aromatic rings. The Kier molecular flexibility index (Phi) is 16.4. The van der Waals surface area contributed by atoms with Gasteiger partial charge in [0.25, 0.3) is 0 Å². The first-order chi connectivity index (χ1) is 25.0. The third kappa shape index (κ3) is 11.3. The van der Waals surface area contributed by atoms with Gasteiger partial charge >= 0.3 is 5.97 Å². The normalized spacial score (nSPS) is 13.5. The summed E-state index contributed by atoms with van der Waals surface area (Å²) < 4.78 is 21.7. The fraction of sp³-hybridized carbons (Fsp3) is 0.278. The van der Waals surface area contributed by atoms with Crippen LogP contribution in [0.3, 0.4) is 0 Å². The fourth-order valence-electron chi connectivity index (χ4n) is 5.43. The number of aromatic carboxylic acids is 1. The molecule has 0 atom stereocenters. The van der Waals surface area contributed by atoms with Crippen LogP contribution in [0, 0.1) is 0 Å². The predicted octanol–water partition coefficient (Wildman–Crippen LogP) is 8.35. The van der Waals surface area contributed by atoms with Crippen molar-refractivity contribution in [2.24, 2.45) is 11.8 Å². The van der Waals surface area contributed by atoms with Gasteiger partial charge in [0.1, 0.15) is 17.8 Å². The summed E-state index contributed by atoms with van der Waals surface area (Å²) in [5.41, 5.74) is 2.26. The van der Waals surface area contributed by atoms with E-state index < -0.39 is 5.97 Å². The smallest absolute Gasteiger partial charge is 0.335 e. The molecule has 0 bridgehead atoms. The summed E-state index contributed by atoms with van der Waals surface area (Å²) in [5, 5.41) is 9.42. The number of hydrogen-bond donors (Lipinski definition) is 3. The second-order valence-electron chi connectivity index (χ2n) is 10.8. The third-order valence-electron chi connectivity index (χ3n) is 7.62. The van der Waals surface area contributed by atoms with Crippen LogP contribution in [0.25, 0.3) is 0 Å². The zero-order valence-electron chi connectivity index (χ0n) is 28.4. The number of nitrogens with two attached hydrogens (primary N) is 2. The molecule has 0 saturated carbocycles. The van der Waals surface area contributed by atoms with Crippen LogP contribution in [0.5, 0.6) is 23.0 Å². The molecule has 15 heteroatoms. The number of rotatable bonds is 14. The molecule has 0 aliphatic carbocycles. The first kappa shape index (κ1) is 39.5. The molecule has 272 valence electrons. The Morgan fingerprint density at radius 3 is 1.53 bits per heavy atom. The monoisotopic (exact) mass is 738 g/mol. The number of carbonyl (C=O) groups is 2. The molecule has 51 heavy (non-hydrogen) atoms. The Bertz CT molecular complexity index is 1670. The van der Waals surface area contributed by atoms with E-state index in [0.717, 1.165) is 87.9 Å². The zero-order valence-corrected chi connectivity index (χ0v) is 30.0. The molecule has 0 unspecified atom stereocenters. The van der Waals surface area contributed by atoms with E-state index in [1.807, 2.05) is 80.6 Å². The highest BCUT2D eigenvalue weighted by Gasteiger charge is 2.25. The van der Waals surface area contributed by atoms with E-state index in [-0.39, 0.29) is 5.56 Å². The lowest BCUT2D eigenvalue weighted by Crippen LogP contribution is -2.19. The van der Waals surface area contributed by atoms with Gasteiger partial charge in [-0.2, -0.15) is 11.8 Å². The van der Waals surface area contributed by atoms with Gasteiger partial charge in [-0.3, -0.25) is 4.79 Å². The molecule has 2 aliphatic rings. The van der Waals surface area contributed by atoms with Crippen LogP contribution in [-0.4, -0.2) is 43.5 Å². The minimum absolute atomic E-state index is 0.144. The number of carboxylic acids is 1. The van der Waals surface area contributed by atoms with E-state index in [9.17, 15) is 14.7 Å². The molecule has 2 aliphatic heterocycles. The maximum atomic E-state index is 11.5. The predicted molar refractivity (Wildman–Crippen MR) is 197 cm³/mol. The Hall–Kier alpha value is -4.32. The minimum atomic E-state index is -1.03. The quantitative estimate of drug-likeness (QED) is 0.0488. The standard InChI is InChI=1S/C17H18N2O5S.C17H18N2O4S.C2H6/c18-23-24-25-15-11-12(17(20)21)10-14(19-8-4-5-9-19)16(15)22-13-6-2-1-3-7-13;18-22-23-24-16-11-13(12-20)10-15(19-8-4-5-9-19)17(16)21-14-6-2-1-3-7-14;1-2/h1-3,6-7,10-11H,4-5,8-9,18H2,(H,20,21);1-3,6-7,10-12H,4-5,8-9,18H2;1-2H3. The van der Waals surface area contributed by atoms with Gasteiger partial charge in [-0.15, -0.1) is 18.6 Å². The average molecular weight is 739 g/mol. The molecule has 5 N–H and O–H groups in total. The van der Waals surface area contributed by atoms with Crippen LogP contribution in [-0.2, 0) is 18.6 Å². The van der Waals surface area contributed by atoms with E-state index in [0.29, 0.717) is 44.0 Å². The van der Waals surface area contributed by atoms with E-state index in [1.165, 1.54) is 6.07 Å². The van der Waals surface area contributed by atoms with Gasteiger partial charge in [0.2, 0.25) is 0 Å². The van der Waals surface area contributed by atoms with E-state index in [4.69, 9.17) is 29.9 Å². The van der Waals surface area contributed by atoms with E-state index in [1.54, 1.807) is 12.1 Å². The summed E-state index contributed by atoms with van der Waals surface area (Å²) >= 11 is 1.72. The van der Waals surface area contributed by atoms with Crippen molar-refractivity contribution in [3.63, 3.8) is 0 Å². The first-order valence-corrected chi connectivity index (χ1v) is 17.9. The highest BCUT2D eigenvalue weighted by atomic mass is 32.2. The Morgan fingerprint density at radius 2 is 1.12 bits per heavy atom. The highest BCUT2D eigenvalue weighted by Crippen LogP contribution is 2.44. The van der Waals surface area contributed by atoms with Gasteiger partial charge in [0, 0.05) is 31.7 Å². The number of nitrogens with zero attached hydrogens (tertiary/aromatic N) is 2. The van der Waals surface area contributed by atoms with Crippen molar-refractivity contribution in [1.29, 1.82) is 0 Å². The lowest BCUT2D eigenvalue weighted by molar-refractivity contribution is -0.195. The molecule has 0 aromatic heterocycles. The molecule has 0 radical (unpaired) electrons. The van der Waals surface area contributed by atoms with Gasteiger partial charge in [-0.1, -0.05) is 50.2 Å². The summed E-state index contributed by atoms with van der Waals surface area (Å²) in [6.45, 7) is 7.52. The first-order valence-electron chi connectivity index (χ1n) is 16.4. The number of para-hydroxylation sites is 2. The van der Waals surface area contributed by atoms with Crippen molar-refractivity contribution >= 4 is 47.7 Å². The highest BCUT2D eigenvalue weighted by molar-refractivity contribution is 7.95. The van der Waals surface area contributed by atoms with Crippen LogP contribution in [0.2, 0.25) is 0 Å². The lowest BCUT2D eigenvalue weighted by Gasteiger charge is -2.23. The number of hydrogen-bond acceptors (Lipinski definition) is 14. The summed E-state index contributed by atoms with van der Waals surface area (Å²) in [6.07, 6.45) is 5.13. The second-order valence-corrected chi connectivity index (χ2v) is 12.3. The van der Waals surface area contributed by atoms with Crippen molar-refractivity contribution in [3.8, 4) is 23.0 Å². The molecule has 2 fully saturated rings. The number of benzene rings is 4. The fourth-order valence-corrected chi connectivity index (χ4v) is 6.46. The van der Waals surface area contributed by atoms with Crippen LogP contribution in [0.4, 0.5) is 11.4 Å². The molecule has 2 heterocycles. The molecular weight excluding hydrogens is 697 g/mol. The van der Waals surface area contributed by atoms with Crippen LogP contribution in [0.15, 0.2) is 94.7 Å². The minimum Gasteiger partial charge on any atom is -0.478 e. The van der Waals surface area contributed by atoms with Gasteiger partial charge in [-0.05, 0) is 74.2 Å². The SMILES string of the molecule is CC.NOOSc1cc(C(=O)O)cc(N2CCCC2)c1Oc1ccccc1.NOOSc1cc(C=O)cc(N2CCCC2)c1Oc1ccccc1. The Balaban J connectivity index is 0.000000218. The molecule has 13 nitrogen and oxygen atoms in total. The summed E-state index contributed by atoms with van der Waals surface area (Å²) in [5.74, 6) is 11.3. The van der Waals surface area contributed by atoms with Gasteiger partial charge in [-0.25, -0.2) is 4.79 Å². The molecule has 4 aromatic carbocycles. The third-order valence-corrected chi connectivity index (χ3v) is 8.88. The Morgan fingerprint density at radius 1 is 0.686 bits per heavy atom. The molecule has 6 rings (SSSR count). The van der Waals surface area contributed by atoms with E-state index in [2.05, 4.69) is 19.8 Å². The van der Waals surface area contributed by atoms with Crippen molar-refractivity contribution < 1.29 is 42.8 Å². The number of carbonyl (C=O) groups excluding carboxylic acids is 1. The zero-order chi connectivity index (χ0) is 36.4. The van der Waals surface area contributed by atoms with Crippen molar-refractivity contribution in [2.75, 3.05) is 36.0 Å². The van der Waals surface area contributed by atoms with Crippen molar-refractivity contribution in [2.45, 2.75) is 49.3 Å². The maximum Gasteiger partial charge on any atom is 0.335 e. The van der Waals surface area contributed by atoms with Gasteiger partial charge in [0.05, 0.1) is 50.8 Å². The van der Waals surface area contributed by atoms with Crippen LogP contribution >= 0.6 is 24.1 Å². The Labute approximate surface area is 305 Å². The number of anilines is 2. The molecular formula is C36H42N4O9S2. The molecule has 0 spiro atoms.